The van der Waals surface area contributed by atoms with E-state index in [1.165, 1.54) is 13.8 Å². The van der Waals surface area contributed by atoms with E-state index in [1.54, 1.807) is 0 Å². The molecule has 0 aromatic heterocycles. The van der Waals surface area contributed by atoms with E-state index in [4.69, 9.17) is 28.4 Å². The topological polar surface area (TPSA) is 431 Å². The van der Waals surface area contributed by atoms with Gasteiger partial charge in [-0.15, -0.1) is 0 Å². The van der Waals surface area contributed by atoms with E-state index in [-0.39, 0.29) is 59.1 Å². The van der Waals surface area contributed by atoms with Crippen LogP contribution in [-0.4, -0.2) is 223 Å². The Morgan fingerprint density at radius 3 is 0.963 bits per heavy atom. The molecule has 308 valence electrons. The first-order valence-corrected chi connectivity index (χ1v) is 17.8. The fraction of sp³-hybridized carbons (Fsp3) is 1.00. The number of aliphatic hydroxyl groups is 12. The van der Waals surface area contributed by atoms with Crippen molar-refractivity contribution in [3.63, 3.8) is 0 Å². The normalized spacial score (nSPS) is 45.9. The van der Waals surface area contributed by atoms with Crippen molar-refractivity contribution in [1.82, 2.24) is 0 Å². The average molecular weight is 857 g/mol. The first-order chi connectivity index (χ1) is 23.8. The van der Waals surface area contributed by atoms with Gasteiger partial charge < -0.3 is 98.8 Å². The molecule has 0 radical (unpaired) electrons. The quantitative estimate of drug-likeness (QED) is 0.0551. The number of hydrogen-bond acceptors (Lipinski definition) is 26. The smallest absolute Gasteiger partial charge is 0.725 e. The Labute approximate surface area is 351 Å². The van der Waals surface area contributed by atoms with Crippen molar-refractivity contribution < 1.29 is 183 Å². The molecule has 4 heterocycles. The molecule has 4 aliphatic rings. The second-order valence-electron chi connectivity index (χ2n) is 12.1. The van der Waals surface area contributed by atoms with Crippen molar-refractivity contribution in [2.45, 2.75) is 137 Å². The minimum atomic E-state index is -5.28. The third-order valence-corrected chi connectivity index (χ3v) is 9.08. The van der Waals surface area contributed by atoms with Gasteiger partial charge in [0.05, 0.1) is 25.4 Å². The van der Waals surface area contributed by atoms with Crippen LogP contribution in [-0.2, 0) is 57.6 Å². The predicted octanol–water partition coefficient (Wildman–Crippen LogP) is -15.8. The Kier molecular flexibility index (Phi) is 21.6. The van der Waals surface area contributed by atoms with Gasteiger partial charge in [0, 0.05) is 0 Å². The molecule has 4 rings (SSSR count). The van der Waals surface area contributed by atoms with Gasteiger partial charge in [0.2, 0.25) is 33.4 Å². The van der Waals surface area contributed by atoms with Crippen molar-refractivity contribution >= 4 is 20.8 Å². The fourth-order valence-corrected chi connectivity index (χ4v) is 5.96. The van der Waals surface area contributed by atoms with Crippen LogP contribution in [0, 0.1) is 0 Å². The molecule has 4 aliphatic heterocycles. The number of rotatable bonds is 10. The van der Waals surface area contributed by atoms with Crippen LogP contribution in [0.3, 0.4) is 0 Å². The second-order valence-corrected chi connectivity index (χ2v) is 14.1. The van der Waals surface area contributed by atoms with Gasteiger partial charge in [-0.3, -0.25) is 0 Å². The van der Waals surface area contributed by atoms with Crippen molar-refractivity contribution in [3.05, 3.63) is 0 Å². The maximum Gasteiger partial charge on any atom is 1.00 e. The summed E-state index contributed by atoms with van der Waals surface area (Å²) in [5, 5.41) is 117. The number of aliphatic hydroxyl groups excluding tert-OH is 12. The van der Waals surface area contributed by atoms with Crippen LogP contribution in [0.1, 0.15) is 13.8 Å². The zero-order chi connectivity index (χ0) is 39.6. The molecule has 30 heteroatoms. The molecular weight excluding hydrogens is 814 g/mol. The minimum Gasteiger partial charge on any atom is -0.725 e. The third kappa shape index (κ3) is 14.1. The summed E-state index contributed by atoms with van der Waals surface area (Å²) in [6, 6.07) is 0. The molecule has 0 aromatic carbocycles. The van der Waals surface area contributed by atoms with Crippen molar-refractivity contribution in [1.29, 1.82) is 0 Å². The van der Waals surface area contributed by atoms with Gasteiger partial charge in [0.1, 0.15) is 85.5 Å². The Balaban J connectivity index is 0.000000521. The molecule has 20 atom stereocenters. The van der Waals surface area contributed by atoms with E-state index in [0.29, 0.717) is 0 Å². The van der Waals surface area contributed by atoms with Gasteiger partial charge in [0.25, 0.3) is 0 Å². The van der Waals surface area contributed by atoms with Crippen LogP contribution >= 0.6 is 0 Å². The van der Waals surface area contributed by atoms with Gasteiger partial charge in [-0.25, -0.2) is 25.2 Å². The zero-order valence-electron chi connectivity index (χ0n) is 28.9. The summed E-state index contributed by atoms with van der Waals surface area (Å²) in [6.45, 7) is 1.60. The molecule has 0 aromatic rings. The molecule has 4 saturated heterocycles. The van der Waals surface area contributed by atoms with Crippen LogP contribution in [0.4, 0.5) is 0 Å². The van der Waals surface area contributed by atoms with E-state index in [2.05, 4.69) is 8.37 Å². The SMILES string of the molecule is C[C@@H]1O[C@@H](OC[C@H]2O[C@@H](OS(=O)(=O)[O-])[C@H](O)[C@@H](O)[C@@H]2O)[C@H](O)[C@H](O)[C@H]1O.C[C@@H]1O[C@@H](OC[C@H]2O[C@@H](OS(=O)(=O)[O-])[C@H](O)[C@@H](O)[C@@H]2O)[C@H](O)[C@H](O)[C@H]1O.[Na+].[Na+]. The van der Waals surface area contributed by atoms with Gasteiger partial charge in [0.15, 0.2) is 12.6 Å². The molecule has 0 aliphatic carbocycles. The summed E-state index contributed by atoms with van der Waals surface area (Å²) < 4.78 is 102. The molecule has 12 N–H and O–H groups in total. The van der Waals surface area contributed by atoms with Crippen molar-refractivity contribution in [2.75, 3.05) is 13.2 Å². The Morgan fingerprint density at radius 1 is 0.426 bits per heavy atom. The van der Waals surface area contributed by atoms with Crippen LogP contribution in [0.5, 0.6) is 0 Å². The Morgan fingerprint density at radius 2 is 0.685 bits per heavy atom. The van der Waals surface area contributed by atoms with E-state index >= 15 is 0 Å². The van der Waals surface area contributed by atoms with Crippen molar-refractivity contribution in [2.24, 2.45) is 0 Å². The summed E-state index contributed by atoms with van der Waals surface area (Å²) >= 11 is 0. The van der Waals surface area contributed by atoms with E-state index in [0.717, 1.165) is 0 Å². The van der Waals surface area contributed by atoms with Gasteiger partial charge >= 0.3 is 59.1 Å². The van der Waals surface area contributed by atoms with E-state index in [1.807, 2.05) is 0 Å². The average Bonchev–Trinajstić information content (AvgIpc) is 3.05. The van der Waals surface area contributed by atoms with Crippen LogP contribution in [0.2, 0.25) is 0 Å². The summed E-state index contributed by atoms with van der Waals surface area (Å²) in [5.41, 5.74) is 0. The molecule has 0 spiro atoms. The number of ether oxygens (including phenoxy) is 6. The molecule has 26 nitrogen and oxygen atoms in total. The van der Waals surface area contributed by atoms with Gasteiger partial charge in [-0.1, -0.05) is 0 Å². The van der Waals surface area contributed by atoms with Crippen LogP contribution in [0.25, 0.3) is 0 Å². The summed E-state index contributed by atoms with van der Waals surface area (Å²) in [4.78, 5) is 0. The maximum absolute atomic E-state index is 10.6. The first kappa shape index (κ1) is 53.0. The molecular formula is C24H42Na2O26S2. The third-order valence-electron chi connectivity index (χ3n) is 8.23. The number of hydrogen-bond donors (Lipinski definition) is 12. The molecule has 0 amide bonds. The van der Waals surface area contributed by atoms with E-state index in [9.17, 15) is 87.2 Å². The maximum atomic E-state index is 10.6. The summed E-state index contributed by atoms with van der Waals surface area (Å²) in [5.74, 6) is 0. The minimum absolute atomic E-state index is 0. The predicted molar refractivity (Wildman–Crippen MR) is 152 cm³/mol. The first-order valence-electron chi connectivity index (χ1n) is 15.1. The monoisotopic (exact) mass is 856 g/mol. The van der Waals surface area contributed by atoms with Gasteiger partial charge in [-0.05, 0) is 13.8 Å². The Bertz CT molecular complexity index is 1250. The Hall–Kier alpha value is 1.02. The largest absolute Gasteiger partial charge is 1.00 e. The van der Waals surface area contributed by atoms with E-state index < -0.39 is 157 Å². The molecule has 54 heavy (non-hydrogen) atoms. The van der Waals surface area contributed by atoms with Crippen LogP contribution < -0.4 is 59.1 Å². The standard InChI is InChI=1S/2C12H22O13S.2Na/c2*1-3-5(13)7(15)9(17)11(23-3)22-2-4-6(14)8(16)10(18)12(24-4)25-26(19,20)21;;/h2*3-18H,2H2,1H3,(H,19,20,21);;/q;;2*+1/p-2/t2*3-,4+,5-,6+,7+,8-,9+,10+,11+,12-;;/m00../s1. The van der Waals surface area contributed by atoms with Crippen LogP contribution in [0.15, 0.2) is 0 Å². The zero-order valence-corrected chi connectivity index (χ0v) is 34.5. The van der Waals surface area contributed by atoms with Crippen molar-refractivity contribution in [3.8, 4) is 0 Å². The molecule has 0 saturated carbocycles. The molecule has 0 unspecified atom stereocenters. The second kappa shape index (κ2) is 22.0. The molecule has 4 fully saturated rings. The van der Waals surface area contributed by atoms with Gasteiger partial charge in [-0.2, -0.15) is 0 Å². The summed E-state index contributed by atoms with van der Waals surface area (Å²) in [6.07, 6.45) is -32.4. The fourth-order valence-electron chi connectivity index (χ4n) is 5.18. The summed E-state index contributed by atoms with van der Waals surface area (Å²) in [7, 11) is -10.6. The molecule has 0 bridgehead atoms.